The Morgan fingerprint density at radius 3 is 2.07 bits per heavy atom. The van der Waals surface area contributed by atoms with Gasteiger partial charge in [-0.25, -0.2) is 5.10 Å². The van der Waals surface area contributed by atoms with Crippen LogP contribution in [0.4, 0.5) is 0 Å². The maximum atomic E-state index is 13.5. The van der Waals surface area contributed by atoms with Crippen molar-refractivity contribution >= 4 is 17.7 Å². The number of nitrogens with one attached hydrogen (secondary N) is 4. The van der Waals surface area contributed by atoms with Crippen molar-refractivity contribution in [2.75, 3.05) is 20.6 Å². The number of amides is 3. The lowest BCUT2D eigenvalue weighted by Gasteiger charge is -2.49. The Morgan fingerprint density at radius 1 is 1.02 bits per heavy atom. The number of hydrogen-bond acceptors (Lipinski definition) is 8. The molecule has 1 heterocycles. The summed E-state index contributed by atoms with van der Waals surface area (Å²) in [6.45, 7) is 1.90. The zero-order valence-corrected chi connectivity index (χ0v) is 25.9. The Labute approximate surface area is 262 Å². The summed E-state index contributed by atoms with van der Waals surface area (Å²) in [4.78, 5) is 40.6. The molecule has 0 aliphatic heterocycles. The molecule has 3 aromatic rings. The molecule has 6 rings (SSSR count). The fourth-order valence-corrected chi connectivity index (χ4v) is 7.32. The van der Waals surface area contributed by atoms with Crippen LogP contribution in [0.5, 0.6) is 0 Å². The molecular formula is C33H39N9O3. The second-order valence-electron chi connectivity index (χ2n) is 12.6. The van der Waals surface area contributed by atoms with Crippen LogP contribution in [-0.4, -0.2) is 81.5 Å². The van der Waals surface area contributed by atoms with E-state index in [1.54, 1.807) is 25.9 Å². The Kier molecular flexibility index (Phi) is 8.14. The molecule has 1 unspecified atom stereocenters. The second kappa shape index (κ2) is 12.0. The highest BCUT2D eigenvalue weighted by Gasteiger charge is 2.52. The summed E-state index contributed by atoms with van der Waals surface area (Å²) in [6.07, 6.45) is 6.38. The van der Waals surface area contributed by atoms with Crippen LogP contribution in [0.1, 0.15) is 94.2 Å². The molecule has 0 spiro atoms. The molecule has 2 fully saturated rings. The number of H-pyrrole nitrogens is 1. The number of fused-ring (bicyclic) bond motifs is 2. The van der Waals surface area contributed by atoms with E-state index in [0.29, 0.717) is 36.2 Å². The third kappa shape index (κ3) is 5.46. The van der Waals surface area contributed by atoms with Gasteiger partial charge in [-0.15, -0.1) is 5.10 Å². The first-order chi connectivity index (χ1) is 21.7. The van der Waals surface area contributed by atoms with Crippen molar-refractivity contribution in [1.82, 2.24) is 41.5 Å². The minimum atomic E-state index is -0.875. The Balaban J connectivity index is 1.47. The van der Waals surface area contributed by atoms with E-state index in [4.69, 9.17) is 0 Å². The highest BCUT2D eigenvalue weighted by atomic mass is 16.2. The van der Waals surface area contributed by atoms with E-state index in [1.807, 2.05) is 36.4 Å². The monoisotopic (exact) mass is 609 g/mol. The van der Waals surface area contributed by atoms with Crippen molar-refractivity contribution in [2.24, 2.45) is 0 Å². The molecule has 12 nitrogen and oxygen atoms in total. The SMILES string of the molecule is CNC(=O)c1ccc2c(c1)CCc1cc(C(=O)NC)ccc1C2(CC1(NCC(=O)N(C(C)C#N)C2CC2)CCC1)c1nnn[nH]1. The first-order valence-electron chi connectivity index (χ1n) is 15.7. The maximum absolute atomic E-state index is 13.5. The topological polar surface area (TPSA) is 169 Å². The van der Waals surface area contributed by atoms with Gasteiger partial charge in [-0.3, -0.25) is 14.4 Å². The Bertz CT molecular complexity index is 1590. The fourth-order valence-electron chi connectivity index (χ4n) is 7.32. The maximum Gasteiger partial charge on any atom is 0.251 e. The highest BCUT2D eigenvalue weighted by Crippen LogP contribution is 2.52. The molecule has 1 aromatic heterocycles. The molecule has 0 bridgehead atoms. The van der Waals surface area contributed by atoms with E-state index in [2.05, 4.69) is 42.6 Å². The first-order valence-corrected chi connectivity index (χ1v) is 15.7. The average molecular weight is 610 g/mol. The van der Waals surface area contributed by atoms with Crippen LogP contribution in [-0.2, 0) is 23.1 Å². The lowest BCUT2D eigenvalue weighted by atomic mass is 9.60. The number of benzene rings is 2. The van der Waals surface area contributed by atoms with E-state index < -0.39 is 17.0 Å². The van der Waals surface area contributed by atoms with Crippen LogP contribution in [0.25, 0.3) is 0 Å². The standard InChI is InChI=1S/C33H39N9O3/c1-20(17-34)42(25-9-10-25)28(43)18-37-32(13-4-14-32)19-33(31-38-40-41-39-31)26-11-7-23(29(44)35-2)15-21(26)5-6-22-16-24(30(45)36-3)8-12-27(22)33/h7-8,11-12,15-16,20,25,37H,4-6,9-10,13-14,18-19H2,1-3H3,(H,35,44)(H,36,45)(H,38,39,40,41). The van der Waals surface area contributed by atoms with Crippen molar-refractivity contribution in [3.8, 4) is 6.07 Å². The van der Waals surface area contributed by atoms with Crippen LogP contribution in [0, 0.1) is 11.3 Å². The molecule has 3 aliphatic carbocycles. The first kappa shape index (κ1) is 30.4. The van der Waals surface area contributed by atoms with Gasteiger partial charge in [0.1, 0.15) is 6.04 Å². The van der Waals surface area contributed by atoms with Crippen LogP contribution in [0.15, 0.2) is 36.4 Å². The second-order valence-corrected chi connectivity index (χ2v) is 12.6. The number of tetrazole rings is 1. The third-order valence-corrected chi connectivity index (χ3v) is 9.88. The van der Waals surface area contributed by atoms with Gasteiger partial charge in [0.15, 0.2) is 5.82 Å². The zero-order chi connectivity index (χ0) is 31.8. The largest absolute Gasteiger partial charge is 0.355 e. The molecule has 2 saturated carbocycles. The van der Waals surface area contributed by atoms with Gasteiger partial charge in [-0.2, -0.15) is 5.26 Å². The number of nitrogens with zero attached hydrogens (tertiary/aromatic N) is 5. The quantitative estimate of drug-likeness (QED) is 0.271. The van der Waals surface area contributed by atoms with Crippen molar-refractivity contribution in [3.05, 3.63) is 75.6 Å². The van der Waals surface area contributed by atoms with Crippen molar-refractivity contribution in [3.63, 3.8) is 0 Å². The molecule has 12 heteroatoms. The van der Waals surface area contributed by atoms with Crippen molar-refractivity contribution in [2.45, 2.75) is 81.3 Å². The van der Waals surface area contributed by atoms with Crippen LogP contribution in [0.3, 0.4) is 0 Å². The predicted octanol–water partition coefficient (Wildman–Crippen LogP) is 2.16. The molecule has 0 radical (unpaired) electrons. The lowest BCUT2D eigenvalue weighted by molar-refractivity contribution is -0.132. The van der Waals surface area contributed by atoms with Gasteiger partial charge in [-0.05, 0) is 115 Å². The minimum absolute atomic E-state index is 0.0692. The Hall–Kier alpha value is -4.63. The number of nitriles is 1. The van der Waals surface area contributed by atoms with E-state index in [0.717, 1.165) is 54.4 Å². The molecule has 4 N–H and O–H groups in total. The molecule has 2 aromatic carbocycles. The summed E-state index contributed by atoms with van der Waals surface area (Å²) >= 11 is 0. The molecule has 3 aliphatic rings. The van der Waals surface area contributed by atoms with E-state index in [-0.39, 0.29) is 30.3 Å². The van der Waals surface area contributed by atoms with Crippen LogP contribution >= 0.6 is 0 Å². The summed E-state index contributed by atoms with van der Waals surface area (Å²) in [5.74, 6) is 0.149. The van der Waals surface area contributed by atoms with Gasteiger partial charge in [0.25, 0.3) is 11.8 Å². The number of carbonyl (C=O) groups is 3. The van der Waals surface area contributed by atoms with E-state index in [9.17, 15) is 19.6 Å². The number of rotatable bonds is 10. The van der Waals surface area contributed by atoms with Crippen LogP contribution < -0.4 is 16.0 Å². The van der Waals surface area contributed by atoms with Gasteiger partial charge in [0.2, 0.25) is 5.91 Å². The normalized spacial score (nSPS) is 18.2. The summed E-state index contributed by atoms with van der Waals surface area (Å²) in [5.41, 5.74) is 3.79. The molecule has 234 valence electrons. The molecule has 1 atom stereocenters. The molecule has 3 amide bonds. The summed E-state index contributed by atoms with van der Waals surface area (Å²) in [5, 5.41) is 34.3. The summed E-state index contributed by atoms with van der Waals surface area (Å²) < 4.78 is 0. The summed E-state index contributed by atoms with van der Waals surface area (Å²) in [7, 11) is 3.23. The third-order valence-electron chi connectivity index (χ3n) is 9.88. The van der Waals surface area contributed by atoms with Crippen molar-refractivity contribution in [1.29, 1.82) is 5.26 Å². The van der Waals surface area contributed by atoms with Crippen LogP contribution in [0.2, 0.25) is 0 Å². The molecule has 0 saturated heterocycles. The lowest BCUT2D eigenvalue weighted by Crippen LogP contribution is -2.58. The fraction of sp³-hybridized carbons (Fsp3) is 0.485. The number of hydrogen-bond donors (Lipinski definition) is 4. The predicted molar refractivity (Wildman–Crippen MR) is 165 cm³/mol. The van der Waals surface area contributed by atoms with Gasteiger partial charge in [-0.1, -0.05) is 12.1 Å². The zero-order valence-electron chi connectivity index (χ0n) is 25.9. The number of carbonyl (C=O) groups excluding carboxylic acids is 3. The van der Waals surface area contributed by atoms with Gasteiger partial charge < -0.3 is 20.9 Å². The number of aromatic amines is 1. The molecule has 45 heavy (non-hydrogen) atoms. The number of aromatic nitrogens is 4. The van der Waals surface area contributed by atoms with E-state index in [1.165, 1.54) is 0 Å². The highest BCUT2D eigenvalue weighted by molar-refractivity contribution is 5.95. The van der Waals surface area contributed by atoms with Crippen molar-refractivity contribution < 1.29 is 14.4 Å². The van der Waals surface area contributed by atoms with E-state index >= 15 is 0 Å². The summed E-state index contributed by atoms with van der Waals surface area (Å²) in [6, 6.07) is 13.4. The molecular weight excluding hydrogens is 570 g/mol. The Morgan fingerprint density at radius 2 is 1.62 bits per heavy atom. The van der Waals surface area contributed by atoms with Gasteiger partial charge >= 0.3 is 0 Å². The minimum Gasteiger partial charge on any atom is -0.355 e. The number of aryl methyl sites for hydroxylation is 2. The van der Waals surface area contributed by atoms with Gasteiger partial charge in [0, 0.05) is 36.8 Å². The smallest absolute Gasteiger partial charge is 0.251 e. The average Bonchev–Trinajstić information content (AvgIpc) is 3.75. The van der Waals surface area contributed by atoms with Gasteiger partial charge in [0.05, 0.1) is 18.0 Å².